The number of rotatable bonds is 32. The van der Waals surface area contributed by atoms with Crippen LogP contribution in [0.4, 0.5) is 9.18 Å². The molecule has 9 aliphatic rings. The largest absolute Gasteiger partial charge is 0.457 e. The molecule has 802 valence electrons. The van der Waals surface area contributed by atoms with Crippen molar-refractivity contribution in [3.63, 3.8) is 0 Å². The van der Waals surface area contributed by atoms with E-state index in [0.29, 0.717) is 66.8 Å². The quantitative estimate of drug-likeness (QED) is 0.0176. The summed E-state index contributed by atoms with van der Waals surface area (Å²) < 4.78 is 68.4. The summed E-state index contributed by atoms with van der Waals surface area (Å²) >= 11 is 0. The number of nitrogens with one attached hydrogen (secondary N) is 6. The number of aliphatic hydroxyl groups excluding tert-OH is 9. The van der Waals surface area contributed by atoms with Gasteiger partial charge in [0.2, 0.25) is 5.78 Å². The number of hydrogen-bond acceptors (Lipinski definition) is 33. The van der Waals surface area contributed by atoms with Crippen molar-refractivity contribution in [3.8, 4) is 0 Å². The van der Waals surface area contributed by atoms with Gasteiger partial charge < -0.3 is 120 Å². The second kappa shape index (κ2) is 51.2. The zero-order chi connectivity index (χ0) is 108. The zero-order valence-corrected chi connectivity index (χ0v) is 89.9. The Kier molecular flexibility index (Phi) is 43.6. The lowest BCUT2D eigenvalue weighted by Gasteiger charge is -2.34. The lowest BCUT2D eigenvalue weighted by Crippen LogP contribution is -2.47. The summed E-state index contributed by atoms with van der Waals surface area (Å²) in [7, 11) is 4.42. The average molecular weight is 2130 g/mol. The number of carbonyl (C=O) groups excluding carboxylic acids is 7. The molecule has 0 saturated carbocycles. The number of carbonyl (C=O) groups is 7. The van der Waals surface area contributed by atoms with E-state index in [0.717, 1.165) is 70.2 Å². The van der Waals surface area contributed by atoms with Gasteiger partial charge >= 0.3 is 29.1 Å². The van der Waals surface area contributed by atoms with Crippen molar-refractivity contribution in [1.82, 2.24) is 59.3 Å². The van der Waals surface area contributed by atoms with Crippen molar-refractivity contribution >= 4 is 120 Å². The van der Waals surface area contributed by atoms with Crippen LogP contribution in [-0.4, -0.2) is 429 Å². The number of urea groups is 1. The zero-order valence-electron chi connectivity index (χ0n) is 84.5. The minimum Gasteiger partial charge on any atom is -0.457 e. The number of ketones is 3. The molecule has 24 atom stereocenters. The summed E-state index contributed by atoms with van der Waals surface area (Å²) in [5, 5.41) is 103. The first-order valence-electron chi connectivity index (χ1n) is 45.9. The number of alkyl halides is 1. The lowest BCUT2D eigenvalue weighted by atomic mass is 10.00. The van der Waals surface area contributed by atoms with Crippen LogP contribution < -0.4 is 55.0 Å². The predicted octanol–water partition coefficient (Wildman–Crippen LogP) is 0.542. The Bertz CT molecular complexity index is 5950. The van der Waals surface area contributed by atoms with Crippen molar-refractivity contribution < 1.29 is 127 Å². The van der Waals surface area contributed by atoms with Gasteiger partial charge in [0.1, 0.15) is 96.2 Å². The molecule has 15 N–H and O–H groups in total. The first-order valence-corrected chi connectivity index (χ1v) is 64.2. The maximum atomic E-state index is 14.3. The molecule has 6 saturated heterocycles. The minimum absolute atomic E-state index is 0.227. The Labute approximate surface area is 830 Å². The van der Waals surface area contributed by atoms with Crippen LogP contribution in [0.25, 0.3) is 0 Å². The smallest absolute Gasteiger partial charge is 0.332 e. The van der Waals surface area contributed by atoms with Crippen LogP contribution in [0.3, 0.4) is 0 Å². The highest BCUT2D eigenvalue weighted by Crippen LogP contribution is 2.46. The molecule has 3 aromatic heterocycles. The fourth-order valence-electron chi connectivity index (χ4n) is 16.0. The highest BCUT2D eigenvalue weighted by Gasteiger charge is 2.52. The van der Waals surface area contributed by atoms with Crippen molar-refractivity contribution in [1.29, 1.82) is 0 Å². The van der Waals surface area contributed by atoms with Gasteiger partial charge in [0.25, 0.3) is 28.5 Å². The number of Topliss-reactive ketones (excluding diaryl/α,β-unsaturated/α-hetero) is 3. The normalized spacial score (nSPS) is 29.2. The molecule has 0 radical (unpaired) electrons. The van der Waals surface area contributed by atoms with E-state index in [2.05, 4.69) is 137 Å². The third-order valence-corrected chi connectivity index (χ3v) is 32.9. The number of aromatic amines is 2. The van der Waals surface area contributed by atoms with Gasteiger partial charge in [0, 0.05) is 94.4 Å². The highest BCUT2D eigenvalue weighted by molar-refractivity contribution is 7.73. The number of nitrogens with zero attached hydrogens (tertiary/aromatic N) is 6. The standard InChI is InChI=1S/C17H25N2O8P.C17H25N2O7P.C15H25N2O5P.2C15H25N2O4P.C14H22FN2O3P/c1-9(20)26-8-11(21)10-7-19(17(25)18-15(10)24)16-14(23)13(22)12(27-16)5-6-28(2,3)4;1-9(20)7-11(21)10-8-19(17(25)18-15(10)24)16-14(23)13(22)12(26-16)5-6-27(2,3)4;1-16-11(18)6-8-17(15(16)20)14-13(21-2)12(19)10(22-14)7-9-23(3,4)5;1-10-16-12(18)6-8-17(10)15-14(20-2)13(19)11(21-15)7-9-22(3,4)5;1-9-8-17(10(2)16-14(9)20)15-13(19)12(18)11(21-15)6-7-22(3,4)5;1-8-9(7-16-14(19)17-8)13-11(15)12(18)10(20-13)5-6-21(2,3)4/h7,12-14,16,22-23H,2,5-6,8H2,1,3-4H3,(H,18,24,25);8,12-14,16,22-23H,2,5-7H2,1,3-4H3,(H,18,24,25);6,8,10,12-14,19H,3,7,9H2,1-2,4-5H3;6,8,11,13-15,19H,1,3,7,9H2,2,4-5H3,(H,16,18);8,11-13,15,18-19H,2-3,6-7H2,1,4-5H3,(H,16,20);7,10-13,18H,1-2,5-6H2,3-4H3,(H2,16,17,19)/t2*12-,13-,14-,16?;10-,12-,13-,14?;11-,13-,14-,15?;11-,12-,13-,15?;10-,11-,12-,13?/m111111/s1. The van der Waals surface area contributed by atoms with Gasteiger partial charge in [0.15, 0.2) is 49.7 Å². The topological polar surface area (TPSA) is 593 Å². The molecular weight excluding hydrogens is 1990 g/mol. The van der Waals surface area contributed by atoms with Gasteiger partial charge in [0.05, 0.1) is 48.6 Å². The number of amides is 4. The SMILES string of the molecule is C=C1NC(=O)C(C)=CN1C1O[C@H](CCP(=C)(C)C)[C@@H](O)[C@H]1O.C=C1NC(=O)C=CN1C1O[C@H](CCP(=C)(C)C)[C@@H](O)[C@H]1OC.C=C1NC(=O)NC=C1C1O[C@H](CCP(=C)(C)C)[C@@H](O)[C@H]1F.C=P(C)(C)CC[C@H]1OC(n2cc(C(=O)CC(C)=O)c(=O)[nH]c2=O)[C@H](O)[C@@H]1O.C=P(C)(C)CC[C@H]1OC(n2cc(C(=O)COC(C)=O)c(=O)[nH]c2=O)[C@H](O)[C@@H]1O.C=P(C)(C)CC[C@H]1OC(n2ccc(=O)n(C)c2=O)[C@H](OC)[C@@H]1O. The summed E-state index contributed by atoms with van der Waals surface area (Å²) in [5.74, 6) is -2.40. The number of methoxy groups -OCH3 is 2. The van der Waals surface area contributed by atoms with Crippen molar-refractivity contribution in [2.75, 3.05) is 138 Å². The van der Waals surface area contributed by atoms with E-state index in [-0.39, 0.29) is 29.0 Å². The summed E-state index contributed by atoms with van der Waals surface area (Å²) in [6.45, 7) is 32.0. The Hall–Kier alpha value is -8.18. The van der Waals surface area contributed by atoms with Crippen LogP contribution in [-0.2, 0) is 68.9 Å². The second-order valence-corrected chi connectivity index (χ2v) is 66.6. The summed E-state index contributed by atoms with van der Waals surface area (Å²) in [5.41, 5.74) is -4.16. The number of aromatic nitrogens is 6. The van der Waals surface area contributed by atoms with Crippen molar-refractivity contribution in [3.05, 3.63) is 171 Å². The molecule has 12 heterocycles. The highest BCUT2D eigenvalue weighted by atomic mass is 31.2. The molecule has 6 fully saturated rings. The maximum absolute atomic E-state index is 14.3. The molecule has 43 nitrogen and oxygen atoms in total. The monoisotopic (exact) mass is 2130 g/mol. The molecular formula is C93H147FN12O31P6. The van der Waals surface area contributed by atoms with Gasteiger partial charge in [-0.15, -0.1) is 79.1 Å². The van der Waals surface area contributed by atoms with Gasteiger partial charge in [-0.3, -0.25) is 71.4 Å². The fraction of sp³-hybridized carbons (Fsp3) is 0.602. The van der Waals surface area contributed by atoms with Crippen LogP contribution in [0, 0.1) is 0 Å². The molecule has 0 bridgehead atoms. The number of H-pyrrole nitrogens is 2. The van der Waals surface area contributed by atoms with Gasteiger partial charge in [-0.1, -0.05) is 19.7 Å². The average Bonchev–Trinajstić information content (AvgIpc) is 1.67. The number of aliphatic hydroxyl groups is 9. The van der Waals surface area contributed by atoms with E-state index in [1.807, 2.05) is 36.6 Å². The van der Waals surface area contributed by atoms with E-state index >= 15 is 0 Å². The maximum Gasteiger partial charge on any atom is 0.332 e. The molecule has 143 heavy (non-hydrogen) atoms. The molecule has 0 spiro atoms. The molecule has 9 aliphatic heterocycles. The Balaban J connectivity index is 0.000000234. The van der Waals surface area contributed by atoms with Crippen molar-refractivity contribution in [2.24, 2.45) is 7.05 Å². The van der Waals surface area contributed by atoms with E-state index in [1.54, 1.807) is 36.2 Å². The Morgan fingerprint density at radius 1 is 0.476 bits per heavy atom. The van der Waals surface area contributed by atoms with Gasteiger partial charge in [-0.2, -0.15) is 0 Å². The van der Waals surface area contributed by atoms with Gasteiger partial charge in [-0.05, 0) is 169 Å². The number of halogens is 1. The van der Waals surface area contributed by atoms with Crippen molar-refractivity contribution in [2.45, 2.75) is 213 Å². The summed E-state index contributed by atoms with van der Waals surface area (Å²) in [6.07, 6.45) is 20.5. The first-order chi connectivity index (χ1) is 66.0. The molecule has 3 aromatic rings. The molecule has 50 heteroatoms. The van der Waals surface area contributed by atoms with E-state index < -0.39 is 259 Å². The number of esters is 1. The third kappa shape index (κ3) is 34.4. The molecule has 12 rings (SSSR count). The van der Waals surface area contributed by atoms with Crippen LogP contribution >= 0.6 is 41.3 Å². The van der Waals surface area contributed by atoms with Crippen LogP contribution in [0.15, 0.2) is 126 Å². The number of hydrogen-bond donors (Lipinski definition) is 15. The first kappa shape index (κ1) is 122. The summed E-state index contributed by atoms with van der Waals surface area (Å²) in [4.78, 5) is 159. The van der Waals surface area contributed by atoms with Crippen LogP contribution in [0.5, 0.6) is 0 Å². The third-order valence-electron chi connectivity index (χ3n) is 24.1. The van der Waals surface area contributed by atoms with Gasteiger partial charge in [-0.25, -0.2) is 23.6 Å². The lowest BCUT2D eigenvalue weighted by molar-refractivity contribution is -0.139. The Morgan fingerprint density at radius 2 is 0.853 bits per heavy atom. The van der Waals surface area contributed by atoms with E-state index in [1.165, 1.54) is 50.2 Å². The molecule has 0 aromatic carbocycles. The molecule has 0 aliphatic carbocycles. The van der Waals surface area contributed by atoms with E-state index in [9.17, 15) is 113 Å². The fourth-order valence-corrected chi connectivity index (χ4v) is 21.7. The summed E-state index contributed by atoms with van der Waals surface area (Å²) in [6, 6.07) is 0.875. The van der Waals surface area contributed by atoms with E-state index in [4.69, 9.17) is 37.9 Å². The Morgan fingerprint density at radius 3 is 1.25 bits per heavy atom. The second-order valence-electron chi connectivity index (χ2n) is 40.7. The molecule has 6 unspecified atom stereocenters. The molecule has 4 amide bonds. The number of ether oxygens (including phenoxy) is 9. The van der Waals surface area contributed by atoms with Crippen LogP contribution in [0.1, 0.15) is 105 Å². The van der Waals surface area contributed by atoms with Crippen LogP contribution in [0.2, 0.25) is 0 Å². The minimum atomic E-state index is -1.54. The predicted molar refractivity (Wildman–Crippen MR) is 560 cm³/mol.